The number of carbonyl (C=O) groups is 1. The van der Waals surface area contributed by atoms with Crippen molar-refractivity contribution in [3.8, 4) is 17.2 Å². The lowest BCUT2D eigenvalue weighted by molar-refractivity contribution is -0.123. The lowest BCUT2D eigenvalue weighted by Gasteiger charge is -2.33. The van der Waals surface area contributed by atoms with Crippen molar-refractivity contribution in [2.45, 2.75) is 31.5 Å². The monoisotopic (exact) mass is 388 g/mol. The van der Waals surface area contributed by atoms with Crippen LogP contribution in [0.15, 0.2) is 36.4 Å². The Morgan fingerprint density at radius 1 is 1.07 bits per heavy atom. The number of halogens is 1. The van der Waals surface area contributed by atoms with Crippen molar-refractivity contribution in [1.82, 2.24) is 10.6 Å². The molecule has 2 aromatic rings. The molecular weight excluding hydrogens is 363 g/mol. The highest BCUT2D eigenvalue weighted by molar-refractivity contribution is 5.77. The maximum Gasteiger partial charge on any atom is 0.220 e. The van der Waals surface area contributed by atoms with E-state index in [0.29, 0.717) is 42.2 Å². The molecule has 0 aromatic heterocycles. The average molecular weight is 388 g/mol. The highest BCUT2D eigenvalue weighted by Crippen LogP contribution is 2.40. The van der Waals surface area contributed by atoms with Crippen LogP contribution < -0.4 is 24.8 Å². The van der Waals surface area contributed by atoms with Crippen molar-refractivity contribution in [2.75, 3.05) is 21.3 Å². The van der Waals surface area contributed by atoms with Crippen LogP contribution in [0.2, 0.25) is 0 Å². The predicted octanol–water partition coefficient (Wildman–Crippen LogP) is 2.96. The summed E-state index contributed by atoms with van der Waals surface area (Å²) < 4.78 is 30.6. The number of amides is 1. The number of ether oxygens (including phenoxy) is 3. The zero-order valence-corrected chi connectivity index (χ0v) is 16.3. The van der Waals surface area contributed by atoms with Gasteiger partial charge in [0.25, 0.3) is 0 Å². The molecule has 2 N–H and O–H groups in total. The molecule has 150 valence electrons. The van der Waals surface area contributed by atoms with Crippen LogP contribution in [0.3, 0.4) is 0 Å². The summed E-state index contributed by atoms with van der Waals surface area (Å²) in [7, 11) is 4.70. The Hall–Kier alpha value is -2.80. The smallest absolute Gasteiger partial charge is 0.220 e. The second kappa shape index (κ2) is 8.93. The third-order valence-corrected chi connectivity index (χ3v) is 4.98. The van der Waals surface area contributed by atoms with Crippen molar-refractivity contribution >= 4 is 5.91 Å². The molecular formula is C21H25FN2O4. The highest BCUT2D eigenvalue weighted by Gasteiger charge is 2.31. The standard InChI is InChI=1S/C21H25FN2O4/c1-26-17-10-8-13(20(27-2)21(17)28-3)12-23-16-9-11-18(25)24-19(16)14-6-4-5-7-15(14)22/h4-8,10,16,19,23H,9,11-12H2,1-3H3,(H,24,25)/t16-,19+/m1/s1. The van der Waals surface area contributed by atoms with Crippen LogP contribution in [0.5, 0.6) is 17.2 Å². The quantitative estimate of drug-likeness (QED) is 0.763. The second-order valence-corrected chi connectivity index (χ2v) is 6.59. The second-order valence-electron chi connectivity index (χ2n) is 6.59. The van der Waals surface area contributed by atoms with Gasteiger partial charge in [-0.15, -0.1) is 0 Å². The van der Waals surface area contributed by atoms with Crippen LogP contribution in [0.25, 0.3) is 0 Å². The highest BCUT2D eigenvalue weighted by atomic mass is 19.1. The van der Waals surface area contributed by atoms with E-state index >= 15 is 0 Å². The molecule has 1 amide bonds. The lowest BCUT2D eigenvalue weighted by Crippen LogP contribution is -2.48. The van der Waals surface area contributed by atoms with Crippen molar-refractivity contribution < 1.29 is 23.4 Å². The predicted molar refractivity (Wildman–Crippen MR) is 103 cm³/mol. The molecule has 0 bridgehead atoms. The van der Waals surface area contributed by atoms with Crippen molar-refractivity contribution in [1.29, 1.82) is 0 Å². The fraction of sp³-hybridized carbons (Fsp3) is 0.381. The Labute approximate surface area is 164 Å². The van der Waals surface area contributed by atoms with E-state index < -0.39 is 6.04 Å². The molecule has 1 fully saturated rings. The van der Waals surface area contributed by atoms with Crippen molar-refractivity contribution in [3.63, 3.8) is 0 Å². The Bertz CT molecular complexity index is 843. The summed E-state index contributed by atoms with van der Waals surface area (Å²) in [5, 5.41) is 6.35. The molecule has 0 aliphatic carbocycles. The number of benzene rings is 2. The van der Waals surface area contributed by atoms with Gasteiger partial charge in [-0.05, 0) is 18.6 Å². The molecule has 3 rings (SSSR count). The van der Waals surface area contributed by atoms with E-state index in [2.05, 4.69) is 10.6 Å². The molecule has 1 aliphatic rings. The molecule has 1 aliphatic heterocycles. The molecule has 0 spiro atoms. The fourth-order valence-electron chi connectivity index (χ4n) is 3.58. The van der Waals surface area contributed by atoms with E-state index in [0.717, 1.165) is 5.56 Å². The van der Waals surface area contributed by atoms with E-state index in [-0.39, 0.29) is 17.8 Å². The van der Waals surface area contributed by atoms with Crippen LogP contribution >= 0.6 is 0 Å². The van der Waals surface area contributed by atoms with Gasteiger partial charge in [0.15, 0.2) is 11.5 Å². The van der Waals surface area contributed by atoms with Gasteiger partial charge < -0.3 is 24.8 Å². The van der Waals surface area contributed by atoms with Gasteiger partial charge in [-0.1, -0.05) is 24.3 Å². The summed E-state index contributed by atoms with van der Waals surface area (Å²) in [4.78, 5) is 11.9. The van der Waals surface area contributed by atoms with Gasteiger partial charge in [-0.3, -0.25) is 4.79 Å². The normalized spacial score (nSPS) is 19.1. The molecule has 28 heavy (non-hydrogen) atoms. The van der Waals surface area contributed by atoms with Gasteiger partial charge >= 0.3 is 0 Å². The van der Waals surface area contributed by atoms with Crippen molar-refractivity contribution in [2.24, 2.45) is 0 Å². The maximum absolute atomic E-state index is 14.3. The first-order valence-corrected chi connectivity index (χ1v) is 9.14. The number of hydrogen-bond acceptors (Lipinski definition) is 5. The van der Waals surface area contributed by atoms with Crippen LogP contribution in [0.4, 0.5) is 4.39 Å². The molecule has 0 unspecified atom stereocenters. The summed E-state index contributed by atoms with van der Waals surface area (Å²) in [5.41, 5.74) is 1.36. The minimum absolute atomic E-state index is 0.0741. The summed E-state index contributed by atoms with van der Waals surface area (Å²) in [6.45, 7) is 0.467. The summed E-state index contributed by atoms with van der Waals surface area (Å²) in [6, 6.07) is 9.68. The Kier molecular flexibility index (Phi) is 6.36. The minimum Gasteiger partial charge on any atom is -0.493 e. The number of rotatable bonds is 7. The summed E-state index contributed by atoms with van der Waals surface area (Å²) in [5.74, 6) is 1.28. The SMILES string of the molecule is COc1ccc(CN[C@@H]2CCC(=O)N[C@H]2c2ccccc2F)c(OC)c1OC. The molecule has 6 nitrogen and oxygen atoms in total. The zero-order valence-electron chi connectivity index (χ0n) is 16.3. The maximum atomic E-state index is 14.3. The molecule has 0 radical (unpaired) electrons. The van der Waals surface area contributed by atoms with E-state index in [4.69, 9.17) is 14.2 Å². The Balaban J connectivity index is 1.82. The van der Waals surface area contributed by atoms with Gasteiger partial charge in [-0.25, -0.2) is 4.39 Å². The van der Waals surface area contributed by atoms with E-state index in [1.165, 1.54) is 6.07 Å². The molecule has 2 atom stereocenters. The first-order chi connectivity index (χ1) is 13.6. The number of piperidine rings is 1. The zero-order chi connectivity index (χ0) is 20.1. The number of carbonyl (C=O) groups excluding carboxylic acids is 1. The minimum atomic E-state index is -0.436. The fourth-order valence-corrected chi connectivity index (χ4v) is 3.58. The van der Waals surface area contributed by atoms with E-state index in [9.17, 15) is 9.18 Å². The molecule has 2 aromatic carbocycles. The van der Waals surface area contributed by atoms with Gasteiger partial charge in [0.05, 0.1) is 27.4 Å². The third-order valence-electron chi connectivity index (χ3n) is 4.98. The average Bonchev–Trinajstić information content (AvgIpc) is 2.72. The Morgan fingerprint density at radius 3 is 2.50 bits per heavy atom. The topological polar surface area (TPSA) is 68.8 Å². The molecule has 7 heteroatoms. The number of nitrogens with one attached hydrogen (secondary N) is 2. The van der Waals surface area contributed by atoms with Crippen LogP contribution in [-0.4, -0.2) is 33.3 Å². The van der Waals surface area contributed by atoms with Gasteiger partial charge in [0, 0.05) is 30.1 Å². The molecule has 1 heterocycles. The van der Waals surface area contributed by atoms with Crippen LogP contribution in [0.1, 0.15) is 30.0 Å². The largest absolute Gasteiger partial charge is 0.493 e. The molecule has 0 saturated carbocycles. The van der Waals surface area contributed by atoms with E-state index in [1.54, 1.807) is 39.5 Å². The first-order valence-electron chi connectivity index (χ1n) is 9.14. The van der Waals surface area contributed by atoms with Crippen molar-refractivity contribution in [3.05, 3.63) is 53.3 Å². The number of methoxy groups -OCH3 is 3. The van der Waals surface area contributed by atoms with Crippen LogP contribution in [0, 0.1) is 5.82 Å². The van der Waals surface area contributed by atoms with Crippen LogP contribution in [-0.2, 0) is 11.3 Å². The lowest BCUT2D eigenvalue weighted by atomic mass is 9.91. The summed E-state index contributed by atoms with van der Waals surface area (Å²) >= 11 is 0. The van der Waals surface area contributed by atoms with Gasteiger partial charge in [0.2, 0.25) is 11.7 Å². The molecule has 1 saturated heterocycles. The van der Waals surface area contributed by atoms with Gasteiger partial charge in [0.1, 0.15) is 5.82 Å². The summed E-state index contributed by atoms with van der Waals surface area (Å²) in [6.07, 6.45) is 1.01. The first kappa shape index (κ1) is 19.9. The Morgan fingerprint density at radius 2 is 1.82 bits per heavy atom. The third kappa shape index (κ3) is 4.04. The van der Waals surface area contributed by atoms with Gasteiger partial charge in [-0.2, -0.15) is 0 Å². The van der Waals surface area contributed by atoms with E-state index in [1.807, 2.05) is 12.1 Å². The number of hydrogen-bond donors (Lipinski definition) is 2.